The fourth-order valence-corrected chi connectivity index (χ4v) is 2.73. The molecule has 0 unspecified atom stereocenters. The van der Waals surface area contributed by atoms with Crippen molar-refractivity contribution in [1.82, 2.24) is 24.1 Å². The molecule has 7 heteroatoms. The molecule has 0 bridgehead atoms. The lowest BCUT2D eigenvalue weighted by atomic mass is 10.3. The monoisotopic (exact) mass is 339 g/mol. The van der Waals surface area contributed by atoms with Crippen LogP contribution in [-0.2, 0) is 6.54 Å². The van der Waals surface area contributed by atoms with Gasteiger partial charge in [0.25, 0.3) is 5.91 Å². The number of nitrogens with one attached hydrogen (secondary N) is 1. The van der Waals surface area contributed by atoms with E-state index >= 15 is 0 Å². The zero-order valence-corrected chi connectivity index (χ0v) is 13.7. The van der Waals surface area contributed by atoms with E-state index in [-0.39, 0.29) is 5.91 Å². The van der Waals surface area contributed by atoms with Crippen molar-refractivity contribution < 1.29 is 4.79 Å². The van der Waals surface area contributed by atoms with Gasteiger partial charge in [0, 0.05) is 24.8 Å². The number of imidazole rings is 2. The number of pyridine rings is 2. The lowest BCUT2D eigenvalue weighted by Crippen LogP contribution is -2.23. The second-order valence-electron chi connectivity index (χ2n) is 5.62. The van der Waals surface area contributed by atoms with Gasteiger partial charge in [-0.2, -0.15) is 0 Å². The topological polar surface area (TPSA) is 63.7 Å². The highest BCUT2D eigenvalue weighted by Gasteiger charge is 2.11. The summed E-state index contributed by atoms with van der Waals surface area (Å²) in [4.78, 5) is 21.1. The fourth-order valence-electron chi connectivity index (χ4n) is 2.56. The molecule has 120 valence electrons. The zero-order chi connectivity index (χ0) is 16.7. The van der Waals surface area contributed by atoms with Crippen molar-refractivity contribution in [2.24, 2.45) is 0 Å². The van der Waals surface area contributed by atoms with Crippen LogP contribution in [0.1, 0.15) is 21.7 Å². The molecule has 24 heavy (non-hydrogen) atoms. The third-order valence-corrected chi connectivity index (χ3v) is 3.97. The Morgan fingerprint density at radius 1 is 1.12 bits per heavy atom. The van der Waals surface area contributed by atoms with Crippen LogP contribution in [0.3, 0.4) is 0 Å². The number of halogens is 1. The van der Waals surface area contributed by atoms with Crippen LogP contribution >= 0.6 is 11.6 Å². The van der Waals surface area contributed by atoms with E-state index < -0.39 is 0 Å². The van der Waals surface area contributed by atoms with E-state index in [9.17, 15) is 4.79 Å². The van der Waals surface area contributed by atoms with Gasteiger partial charge in [0.1, 0.15) is 17.0 Å². The highest BCUT2D eigenvalue weighted by Crippen LogP contribution is 2.12. The molecule has 0 fully saturated rings. The largest absolute Gasteiger partial charge is 0.345 e. The molecule has 6 nitrogen and oxygen atoms in total. The van der Waals surface area contributed by atoms with E-state index in [4.69, 9.17) is 11.6 Å². The quantitative estimate of drug-likeness (QED) is 0.624. The van der Waals surface area contributed by atoms with Crippen molar-refractivity contribution in [3.8, 4) is 0 Å². The molecule has 1 amide bonds. The molecule has 0 radical (unpaired) electrons. The van der Waals surface area contributed by atoms with Gasteiger partial charge in [-0.15, -0.1) is 0 Å². The minimum atomic E-state index is -0.230. The van der Waals surface area contributed by atoms with Gasteiger partial charge >= 0.3 is 0 Å². The number of hydrogen-bond donors (Lipinski definition) is 1. The second kappa shape index (κ2) is 5.65. The number of aryl methyl sites for hydroxylation is 1. The highest BCUT2D eigenvalue weighted by molar-refractivity contribution is 6.30. The van der Waals surface area contributed by atoms with Crippen LogP contribution in [0, 0.1) is 6.92 Å². The van der Waals surface area contributed by atoms with E-state index in [0.29, 0.717) is 17.3 Å². The standard InChI is InChI=1S/C17H14ClN5O/c1-11-4-5-22-10-14(21-16(22)6-11)17(24)19-7-13-9-23-8-12(18)2-3-15(23)20-13/h2-6,8-10H,7H2,1H3,(H,19,24). The Morgan fingerprint density at radius 2 is 2.00 bits per heavy atom. The number of aromatic nitrogens is 4. The maximum atomic E-state index is 12.3. The number of carbonyl (C=O) groups is 1. The van der Waals surface area contributed by atoms with Crippen molar-refractivity contribution in [1.29, 1.82) is 0 Å². The van der Waals surface area contributed by atoms with E-state index in [1.807, 2.05) is 46.3 Å². The Hall–Kier alpha value is -2.86. The Labute approximate surface area is 142 Å². The smallest absolute Gasteiger partial charge is 0.271 e. The third-order valence-electron chi connectivity index (χ3n) is 3.74. The molecule has 0 aliphatic heterocycles. The van der Waals surface area contributed by atoms with Crippen molar-refractivity contribution in [3.63, 3.8) is 0 Å². The summed E-state index contributed by atoms with van der Waals surface area (Å²) in [6, 6.07) is 7.52. The van der Waals surface area contributed by atoms with Gasteiger partial charge in [-0.3, -0.25) is 4.79 Å². The predicted molar refractivity (Wildman–Crippen MR) is 91.3 cm³/mol. The van der Waals surface area contributed by atoms with Crippen LogP contribution < -0.4 is 5.32 Å². The zero-order valence-electron chi connectivity index (χ0n) is 12.9. The number of carbonyl (C=O) groups excluding carboxylic acids is 1. The van der Waals surface area contributed by atoms with E-state index in [1.54, 1.807) is 18.5 Å². The SMILES string of the molecule is Cc1ccn2cc(C(=O)NCc3cn4cc(Cl)ccc4n3)nc2c1. The average molecular weight is 340 g/mol. The molecule has 0 aliphatic rings. The van der Waals surface area contributed by atoms with Crippen LogP contribution in [0.5, 0.6) is 0 Å². The molecule has 0 saturated carbocycles. The van der Waals surface area contributed by atoms with E-state index in [1.165, 1.54) is 0 Å². The lowest BCUT2D eigenvalue weighted by molar-refractivity contribution is 0.0946. The molecule has 0 aromatic carbocycles. The predicted octanol–water partition coefficient (Wildman–Crippen LogP) is 2.87. The first kappa shape index (κ1) is 14.7. The van der Waals surface area contributed by atoms with Gasteiger partial charge in [-0.05, 0) is 36.8 Å². The summed E-state index contributed by atoms with van der Waals surface area (Å²) in [5.74, 6) is -0.230. The molecular weight excluding hydrogens is 326 g/mol. The number of hydrogen-bond acceptors (Lipinski definition) is 3. The normalized spacial score (nSPS) is 11.2. The van der Waals surface area contributed by atoms with Crippen molar-refractivity contribution in [2.45, 2.75) is 13.5 Å². The molecule has 4 aromatic rings. The van der Waals surface area contributed by atoms with Crippen LogP contribution in [0.15, 0.2) is 49.1 Å². The highest BCUT2D eigenvalue weighted by atomic mass is 35.5. The summed E-state index contributed by atoms with van der Waals surface area (Å²) < 4.78 is 3.66. The maximum absolute atomic E-state index is 12.3. The molecule has 4 heterocycles. The molecule has 1 N–H and O–H groups in total. The molecule has 0 atom stereocenters. The van der Waals surface area contributed by atoms with E-state index in [0.717, 1.165) is 22.6 Å². The van der Waals surface area contributed by atoms with Crippen LogP contribution in [0.4, 0.5) is 0 Å². The number of amides is 1. The van der Waals surface area contributed by atoms with Crippen LogP contribution in [0.25, 0.3) is 11.3 Å². The minimum Gasteiger partial charge on any atom is -0.345 e. The second-order valence-corrected chi connectivity index (χ2v) is 6.06. The Bertz CT molecular complexity index is 1070. The first-order chi connectivity index (χ1) is 11.6. The lowest BCUT2D eigenvalue weighted by Gasteiger charge is -1.99. The van der Waals surface area contributed by atoms with Crippen molar-refractivity contribution in [2.75, 3.05) is 0 Å². The summed E-state index contributed by atoms with van der Waals surface area (Å²) in [5, 5.41) is 3.48. The molecule has 0 saturated heterocycles. The van der Waals surface area contributed by atoms with Crippen LogP contribution in [-0.4, -0.2) is 24.7 Å². The van der Waals surface area contributed by atoms with Crippen molar-refractivity contribution >= 4 is 28.8 Å². The first-order valence-electron chi connectivity index (χ1n) is 7.45. The van der Waals surface area contributed by atoms with Crippen LogP contribution in [0.2, 0.25) is 5.02 Å². The number of nitrogens with zero attached hydrogens (tertiary/aromatic N) is 4. The molecule has 4 rings (SSSR count). The molecule has 4 aromatic heterocycles. The summed E-state index contributed by atoms with van der Waals surface area (Å²) in [5.41, 5.74) is 3.77. The van der Waals surface area contributed by atoms with Gasteiger partial charge in [0.2, 0.25) is 0 Å². The van der Waals surface area contributed by atoms with Gasteiger partial charge in [0.05, 0.1) is 17.3 Å². The summed E-state index contributed by atoms with van der Waals surface area (Å²) >= 11 is 5.96. The minimum absolute atomic E-state index is 0.230. The Balaban J connectivity index is 1.52. The Morgan fingerprint density at radius 3 is 2.88 bits per heavy atom. The van der Waals surface area contributed by atoms with Crippen molar-refractivity contribution in [3.05, 3.63) is 71.0 Å². The first-order valence-corrected chi connectivity index (χ1v) is 7.83. The van der Waals surface area contributed by atoms with Gasteiger partial charge in [0.15, 0.2) is 0 Å². The number of rotatable bonds is 3. The number of fused-ring (bicyclic) bond motifs is 2. The summed E-state index contributed by atoms with van der Waals surface area (Å²) in [7, 11) is 0. The van der Waals surface area contributed by atoms with Gasteiger partial charge < -0.3 is 14.1 Å². The summed E-state index contributed by atoms with van der Waals surface area (Å²) in [6.45, 7) is 2.31. The average Bonchev–Trinajstić information content (AvgIpc) is 3.15. The fraction of sp³-hybridized carbons (Fsp3) is 0.118. The molecular formula is C17H14ClN5O. The molecule has 0 aliphatic carbocycles. The Kier molecular flexibility index (Phi) is 3.46. The molecule has 0 spiro atoms. The summed E-state index contributed by atoms with van der Waals surface area (Å²) in [6.07, 6.45) is 7.22. The third kappa shape index (κ3) is 2.72. The van der Waals surface area contributed by atoms with E-state index in [2.05, 4.69) is 15.3 Å². The van der Waals surface area contributed by atoms with Gasteiger partial charge in [-0.25, -0.2) is 9.97 Å². The maximum Gasteiger partial charge on any atom is 0.271 e. The van der Waals surface area contributed by atoms with Gasteiger partial charge in [-0.1, -0.05) is 11.6 Å².